The van der Waals surface area contributed by atoms with Crippen LogP contribution >= 0.6 is 11.8 Å². The number of ether oxygens (including phenoxy) is 1. The number of carbonyl (C=O) groups excluding carboxylic acids is 1. The van der Waals surface area contributed by atoms with E-state index in [4.69, 9.17) is 10.5 Å². The molecular weight excluding hydrogens is 265 g/mol. The molecule has 0 aromatic heterocycles. The van der Waals surface area contributed by atoms with Gasteiger partial charge in [-0.3, -0.25) is 4.79 Å². The van der Waals surface area contributed by atoms with Crippen LogP contribution < -0.4 is 5.73 Å². The number of thioether (sulfide) groups is 1. The fraction of sp³-hybridized carbons (Fsp3) is 0.500. The van der Waals surface area contributed by atoms with Crippen LogP contribution in [-0.4, -0.2) is 23.9 Å². The van der Waals surface area contributed by atoms with E-state index < -0.39 is 5.54 Å². The molecular formula is C14H20FNO2S. The molecule has 1 aromatic carbocycles. The second-order valence-corrected chi connectivity index (χ2v) is 5.66. The SMILES string of the molecule is CCOC(=O)C(C)(N)CCCSc1ccccc1F. The fourth-order valence-electron chi connectivity index (χ4n) is 1.58. The van der Waals surface area contributed by atoms with E-state index in [2.05, 4.69) is 0 Å². The van der Waals surface area contributed by atoms with Crippen LogP contribution in [0.1, 0.15) is 26.7 Å². The van der Waals surface area contributed by atoms with Gasteiger partial charge in [0.15, 0.2) is 0 Å². The first-order valence-corrected chi connectivity index (χ1v) is 7.29. The summed E-state index contributed by atoms with van der Waals surface area (Å²) in [7, 11) is 0. The van der Waals surface area contributed by atoms with Crippen LogP contribution in [0, 0.1) is 5.82 Å². The topological polar surface area (TPSA) is 52.3 Å². The zero-order valence-corrected chi connectivity index (χ0v) is 12.1. The molecule has 0 bridgehead atoms. The number of nitrogens with two attached hydrogens (primary N) is 1. The molecule has 0 aliphatic heterocycles. The maximum absolute atomic E-state index is 13.4. The Labute approximate surface area is 117 Å². The highest BCUT2D eigenvalue weighted by atomic mass is 32.2. The maximum Gasteiger partial charge on any atom is 0.325 e. The lowest BCUT2D eigenvalue weighted by Crippen LogP contribution is -2.46. The highest BCUT2D eigenvalue weighted by Gasteiger charge is 2.29. The monoisotopic (exact) mass is 285 g/mol. The molecule has 0 saturated carbocycles. The molecule has 0 fully saturated rings. The Morgan fingerprint density at radius 3 is 2.79 bits per heavy atom. The van der Waals surface area contributed by atoms with Crippen molar-refractivity contribution in [3.63, 3.8) is 0 Å². The number of carbonyl (C=O) groups is 1. The summed E-state index contributed by atoms with van der Waals surface area (Å²) < 4.78 is 18.3. The molecule has 0 radical (unpaired) electrons. The van der Waals surface area contributed by atoms with Crippen LogP contribution in [0.25, 0.3) is 0 Å². The first-order valence-electron chi connectivity index (χ1n) is 6.31. The predicted molar refractivity (Wildman–Crippen MR) is 75.6 cm³/mol. The van der Waals surface area contributed by atoms with Gasteiger partial charge in [-0.1, -0.05) is 12.1 Å². The summed E-state index contributed by atoms with van der Waals surface area (Å²) in [4.78, 5) is 12.2. The van der Waals surface area contributed by atoms with Crippen LogP contribution in [0.2, 0.25) is 0 Å². The number of esters is 1. The molecule has 5 heteroatoms. The normalized spacial score (nSPS) is 13.9. The van der Waals surface area contributed by atoms with Gasteiger partial charge in [0.1, 0.15) is 11.4 Å². The summed E-state index contributed by atoms with van der Waals surface area (Å²) in [5, 5.41) is 0. The Bertz CT molecular complexity index is 424. The van der Waals surface area contributed by atoms with Crippen molar-refractivity contribution in [2.45, 2.75) is 37.1 Å². The number of benzene rings is 1. The van der Waals surface area contributed by atoms with E-state index in [1.54, 1.807) is 32.0 Å². The third-order valence-electron chi connectivity index (χ3n) is 2.68. The molecule has 0 saturated heterocycles. The van der Waals surface area contributed by atoms with E-state index in [9.17, 15) is 9.18 Å². The Morgan fingerprint density at radius 1 is 1.47 bits per heavy atom. The zero-order valence-electron chi connectivity index (χ0n) is 11.3. The van der Waals surface area contributed by atoms with Crippen LogP contribution in [0.15, 0.2) is 29.2 Å². The van der Waals surface area contributed by atoms with Crippen LogP contribution in [0.3, 0.4) is 0 Å². The average molecular weight is 285 g/mol. The van der Waals surface area contributed by atoms with E-state index in [1.165, 1.54) is 17.8 Å². The summed E-state index contributed by atoms with van der Waals surface area (Å²) in [5.41, 5.74) is 4.93. The molecule has 0 spiro atoms. The number of hydrogen-bond donors (Lipinski definition) is 1. The molecule has 1 unspecified atom stereocenters. The molecule has 0 aliphatic carbocycles. The van der Waals surface area contributed by atoms with Gasteiger partial charge in [0.25, 0.3) is 0 Å². The predicted octanol–water partition coefficient (Wildman–Crippen LogP) is 2.98. The zero-order chi connectivity index (χ0) is 14.3. The van der Waals surface area contributed by atoms with E-state index in [0.717, 1.165) is 6.42 Å². The van der Waals surface area contributed by atoms with Gasteiger partial charge in [-0.2, -0.15) is 0 Å². The Balaban J connectivity index is 2.35. The van der Waals surface area contributed by atoms with Gasteiger partial charge in [0.2, 0.25) is 0 Å². The lowest BCUT2D eigenvalue weighted by Gasteiger charge is -2.21. The largest absolute Gasteiger partial charge is 0.465 e. The number of hydrogen-bond acceptors (Lipinski definition) is 4. The molecule has 1 atom stereocenters. The Hall–Kier alpha value is -1.07. The van der Waals surface area contributed by atoms with E-state index in [-0.39, 0.29) is 11.8 Å². The standard InChI is InChI=1S/C14H20FNO2S/c1-3-18-13(17)14(2,16)9-6-10-19-12-8-5-4-7-11(12)15/h4-5,7-8H,3,6,9-10,16H2,1-2H3. The summed E-state index contributed by atoms with van der Waals surface area (Å²) in [5.74, 6) is 0.118. The third kappa shape index (κ3) is 5.20. The molecule has 1 aromatic rings. The van der Waals surface area contributed by atoms with Gasteiger partial charge >= 0.3 is 5.97 Å². The highest BCUT2D eigenvalue weighted by molar-refractivity contribution is 7.99. The minimum absolute atomic E-state index is 0.214. The van der Waals surface area contributed by atoms with E-state index in [1.807, 2.05) is 0 Å². The van der Waals surface area contributed by atoms with Gasteiger partial charge in [-0.05, 0) is 44.6 Å². The molecule has 2 N–H and O–H groups in total. The number of rotatable bonds is 7. The van der Waals surface area contributed by atoms with Gasteiger partial charge < -0.3 is 10.5 Å². The minimum atomic E-state index is -0.966. The van der Waals surface area contributed by atoms with Crippen molar-refractivity contribution in [1.29, 1.82) is 0 Å². The third-order valence-corrected chi connectivity index (χ3v) is 3.81. The van der Waals surface area contributed by atoms with Crippen LogP contribution in [0.4, 0.5) is 4.39 Å². The lowest BCUT2D eigenvalue weighted by molar-refractivity contribution is -0.149. The van der Waals surface area contributed by atoms with Crippen molar-refractivity contribution >= 4 is 17.7 Å². The van der Waals surface area contributed by atoms with Gasteiger partial charge in [-0.15, -0.1) is 11.8 Å². The second-order valence-electron chi connectivity index (χ2n) is 4.52. The lowest BCUT2D eigenvalue weighted by atomic mass is 9.98. The van der Waals surface area contributed by atoms with Crippen molar-refractivity contribution in [2.75, 3.05) is 12.4 Å². The summed E-state index contributed by atoms with van der Waals surface area (Å²) in [6.07, 6.45) is 1.25. The van der Waals surface area contributed by atoms with Crippen molar-refractivity contribution in [3.05, 3.63) is 30.1 Å². The highest BCUT2D eigenvalue weighted by Crippen LogP contribution is 2.23. The van der Waals surface area contributed by atoms with Crippen molar-refractivity contribution in [3.8, 4) is 0 Å². The molecule has 3 nitrogen and oxygen atoms in total. The first kappa shape index (κ1) is 16.0. The van der Waals surface area contributed by atoms with Crippen molar-refractivity contribution in [1.82, 2.24) is 0 Å². The Morgan fingerprint density at radius 2 is 2.16 bits per heavy atom. The van der Waals surface area contributed by atoms with E-state index in [0.29, 0.717) is 23.7 Å². The molecule has 0 aliphatic rings. The quantitative estimate of drug-likeness (QED) is 0.475. The van der Waals surface area contributed by atoms with Crippen molar-refractivity contribution < 1.29 is 13.9 Å². The fourth-order valence-corrected chi connectivity index (χ4v) is 2.47. The smallest absolute Gasteiger partial charge is 0.325 e. The molecule has 0 heterocycles. The molecule has 106 valence electrons. The molecule has 19 heavy (non-hydrogen) atoms. The molecule has 0 amide bonds. The van der Waals surface area contributed by atoms with Gasteiger partial charge in [0, 0.05) is 4.90 Å². The maximum atomic E-state index is 13.4. The minimum Gasteiger partial charge on any atom is -0.465 e. The second kappa shape index (κ2) is 7.50. The van der Waals surface area contributed by atoms with Gasteiger partial charge in [0.05, 0.1) is 6.61 Å². The Kier molecular flexibility index (Phi) is 6.31. The molecule has 1 rings (SSSR count). The first-order chi connectivity index (χ1) is 8.97. The van der Waals surface area contributed by atoms with E-state index >= 15 is 0 Å². The summed E-state index contributed by atoms with van der Waals surface area (Å²) in [6, 6.07) is 6.65. The summed E-state index contributed by atoms with van der Waals surface area (Å²) in [6.45, 7) is 3.75. The number of halogens is 1. The average Bonchev–Trinajstić information content (AvgIpc) is 2.37. The van der Waals surface area contributed by atoms with Gasteiger partial charge in [-0.25, -0.2) is 4.39 Å². The van der Waals surface area contributed by atoms with Crippen molar-refractivity contribution in [2.24, 2.45) is 5.73 Å². The van der Waals surface area contributed by atoms with Crippen LogP contribution in [0.5, 0.6) is 0 Å². The van der Waals surface area contributed by atoms with Crippen LogP contribution in [-0.2, 0) is 9.53 Å². The summed E-state index contributed by atoms with van der Waals surface area (Å²) >= 11 is 1.43.